The summed E-state index contributed by atoms with van der Waals surface area (Å²) in [5, 5.41) is 0. The molecule has 1 nitrogen and oxygen atoms in total. The molecule has 0 N–H and O–H groups in total. The Labute approximate surface area is 373 Å². The first-order valence-corrected chi connectivity index (χ1v) is 28.5. The van der Waals surface area contributed by atoms with Crippen molar-refractivity contribution < 1.29 is 0 Å². The lowest BCUT2D eigenvalue weighted by molar-refractivity contribution is 0.254. The first-order chi connectivity index (χ1) is 28.8. The van der Waals surface area contributed by atoms with Crippen LogP contribution in [0.4, 0.5) is 0 Å². The molecule has 0 amide bonds. The maximum absolute atomic E-state index is 2.88. The second-order valence-electron chi connectivity index (χ2n) is 18.7. The molecule has 58 heavy (non-hydrogen) atoms. The minimum atomic E-state index is 1.36. The van der Waals surface area contributed by atoms with E-state index < -0.39 is 0 Å². The molecule has 354 valence electrons. The molecule has 0 heterocycles. The van der Waals surface area contributed by atoms with Gasteiger partial charge in [-0.3, -0.25) is 0 Å². The summed E-state index contributed by atoms with van der Waals surface area (Å²) in [5.41, 5.74) is 0. The van der Waals surface area contributed by atoms with E-state index in [1.165, 1.54) is 321 Å². The molecule has 0 aliphatic carbocycles. The Kier molecular flexibility index (Phi) is 68.3. The predicted octanol–water partition coefficient (Wildman–Crippen LogP) is 21.7. The Morgan fingerprint density at radius 1 is 0.155 bits per heavy atom. The highest BCUT2D eigenvalue weighted by atomic mass is 15.1. The van der Waals surface area contributed by atoms with Gasteiger partial charge in [-0.2, -0.15) is 0 Å². The zero-order valence-corrected chi connectivity index (χ0v) is 42.8. The maximum Gasteiger partial charge on any atom is -0.00187 e. The van der Waals surface area contributed by atoms with Gasteiger partial charge in [0.25, 0.3) is 0 Å². The van der Waals surface area contributed by atoms with Crippen molar-refractivity contribution in [2.75, 3.05) is 19.6 Å². The van der Waals surface area contributed by atoms with Crippen LogP contribution in [0.2, 0.25) is 0 Å². The second-order valence-corrected chi connectivity index (χ2v) is 18.7. The van der Waals surface area contributed by atoms with E-state index in [1.54, 1.807) is 0 Å². The number of hydrogen-bond donors (Lipinski definition) is 0. The van der Waals surface area contributed by atoms with Crippen molar-refractivity contribution in [1.29, 1.82) is 0 Å². The lowest BCUT2D eigenvalue weighted by Crippen LogP contribution is -2.27. The number of rotatable bonds is 49. The summed E-state index contributed by atoms with van der Waals surface area (Å²) >= 11 is 0. The van der Waals surface area contributed by atoms with Crippen molar-refractivity contribution >= 4 is 0 Å². The van der Waals surface area contributed by atoms with Gasteiger partial charge in [0.2, 0.25) is 0 Å². The van der Waals surface area contributed by atoms with Gasteiger partial charge in [0.15, 0.2) is 0 Å². The third-order valence-corrected chi connectivity index (χ3v) is 12.7. The lowest BCUT2D eigenvalue weighted by atomic mass is 10.0. The van der Waals surface area contributed by atoms with E-state index >= 15 is 0 Å². The third kappa shape index (κ3) is 62.6. The zero-order valence-electron chi connectivity index (χ0n) is 42.8. The molecule has 0 aromatic carbocycles. The number of hydrogen-bond acceptors (Lipinski definition) is 1. The minimum absolute atomic E-state index is 1.36. The van der Waals surface area contributed by atoms with Gasteiger partial charge < -0.3 is 4.90 Å². The molecule has 0 saturated carbocycles. The first-order valence-electron chi connectivity index (χ1n) is 28.5. The fourth-order valence-electron chi connectivity index (χ4n) is 8.60. The van der Waals surface area contributed by atoms with Crippen molar-refractivity contribution in [3.63, 3.8) is 0 Å². The first kappa shape index (κ1) is 62.3. The van der Waals surface area contributed by atoms with Crippen LogP contribution in [0.1, 0.15) is 350 Å². The van der Waals surface area contributed by atoms with E-state index in [2.05, 4.69) is 39.5 Å². The van der Waals surface area contributed by atoms with Crippen LogP contribution >= 0.6 is 0 Å². The van der Waals surface area contributed by atoms with Crippen molar-refractivity contribution in [1.82, 2.24) is 4.90 Å². The van der Waals surface area contributed by atoms with Crippen molar-refractivity contribution in [2.24, 2.45) is 0 Å². The average molecular weight is 821 g/mol. The van der Waals surface area contributed by atoms with Crippen LogP contribution in [0.25, 0.3) is 0 Å². The fourth-order valence-corrected chi connectivity index (χ4v) is 8.60. The summed E-state index contributed by atoms with van der Waals surface area (Å²) in [5.74, 6) is 0. The van der Waals surface area contributed by atoms with E-state index in [1.807, 2.05) is 13.8 Å². The van der Waals surface area contributed by atoms with Gasteiger partial charge in [-0.1, -0.05) is 331 Å². The molecule has 0 atom stereocenters. The standard InChI is InChI=1S/C49H101N.C6H14.C2H6/c1-4-7-10-13-16-19-22-24-26-28-30-33-36-39-42-45-48-50(47-44-41-38-35-32-21-18-15-12-9-6-3)49-46-43-40-37-34-31-29-27-25-23-20-17-14-11-8-5-2;1-3-5-6-4-2;1-2/h4-49H2,1-3H3;3-6H2,1-2H3;1-2H3. The van der Waals surface area contributed by atoms with Crippen LogP contribution in [-0.2, 0) is 0 Å². The van der Waals surface area contributed by atoms with Gasteiger partial charge in [0.05, 0.1) is 0 Å². The molecule has 1 heteroatoms. The van der Waals surface area contributed by atoms with E-state index in [4.69, 9.17) is 0 Å². The van der Waals surface area contributed by atoms with Crippen LogP contribution in [0.5, 0.6) is 0 Å². The minimum Gasteiger partial charge on any atom is -0.303 e. The summed E-state index contributed by atoms with van der Waals surface area (Å²) < 4.78 is 0. The Hall–Kier alpha value is -0.0400. The van der Waals surface area contributed by atoms with Crippen molar-refractivity contribution in [3.05, 3.63) is 0 Å². The molecule has 0 aromatic rings. The van der Waals surface area contributed by atoms with Gasteiger partial charge in [-0.15, -0.1) is 0 Å². The molecule has 0 aromatic heterocycles. The Morgan fingerprint density at radius 2 is 0.259 bits per heavy atom. The van der Waals surface area contributed by atoms with E-state index in [9.17, 15) is 0 Å². The Bertz CT molecular complexity index is 574. The molecule has 0 aliphatic heterocycles. The second kappa shape index (κ2) is 63.6. The SMILES string of the molecule is CC.CCCCCC.CCCCCCCCCCCCCCCCCCN(CCCCCCCCCCCCC)CCCCCCCCCCCCCCCCCC. The van der Waals surface area contributed by atoms with Crippen LogP contribution in [0.15, 0.2) is 0 Å². The molecular weight excluding hydrogens is 699 g/mol. The lowest BCUT2D eigenvalue weighted by Gasteiger charge is -2.22. The predicted molar refractivity (Wildman–Crippen MR) is 273 cm³/mol. The summed E-state index contributed by atoms with van der Waals surface area (Å²) in [6.45, 7) is 19.5. The van der Waals surface area contributed by atoms with Gasteiger partial charge in [-0.05, 0) is 38.9 Å². The monoisotopic (exact) mass is 820 g/mol. The average Bonchev–Trinajstić information content (AvgIpc) is 3.25. The highest BCUT2D eigenvalue weighted by Crippen LogP contribution is 2.17. The summed E-state index contributed by atoms with van der Waals surface area (Å²) in [4.78, 5) is 2.88. The Balaban J connectivity index is -0.00000343. The molecule has 0 rings (SSSR count). The molecule has 0 radical (unpaired) electrons. The highest BCUT2D eigenvalue weighted by Gasteiger charge is 2.06. The molecule has 0 bridgehead atoms. The molecular formula is C57H121N. The van der Waals surface area contributed by atoms with Crippen LogP contribution < -0.4 is 0 Å². The summed E-state index contributed by atoms with van der Waals surface area (Å²) in [7, 11) is 0. The van der Waals surface area contributed by atoms with Gasteiger partial charge in [-0.25, -0.2) is 0 Å². The topological polar surface area (TPSA) is 3.24 Å². The quantitative estimate of drug-likeness (QED) is 0.0553. The Morgan fingerprint density at radius 3 is 0.397 bits per heavy atom. The van der Waals surface area contributed by atoms with Crippen LogP contribution in [0.3, 0.4) is 0 Å². The van der Waals surface area contributed by atoms with Gasteiger partial charge in [0, 0.05) is 0 Å². The number of nitrogens with zero attached hydrogens (tertiary/aromatic N) is 1. The fraction of sp³-hybridized carbons (Fsp3) is 1.00. The summed E-state index contributed by atoms with van der Waals surface area (Å²) in [6.07, 6.45) is 68.6. The zero-order chi connectivity index (χ0) is 42.9. The van der Waals surface area contributed by atoms with E-state index in [0.29, 0.717) is 0 Å². The van der Waals surface area contributed by atoms with Gasteiger partial charge in [0.1, 0.15) is 0 Å². The third-order valence-electron chi connectivity index (χ3n) is 12.7. The smallest absolute Gasteiger partial charge is 0.00187 e. The van der Waals surface area contributed by atoms with Crippen LogP contribution in [-0.4, -0.2) is 24.5 Å². The summed E-state index contributed by atoms with van der Waals surface area (Å²) in [6, 6.07) is 0. The van der Waals surface area contributed by atoms with Crippen LogP contribution in [0, 0.1) is 0 Å². The molecule has 0 unspecified atom stereocenters. The van der Waals surface area contributed by atoms with Crippen molar-refractivity contribution in [3.8, 4) is 0 Å². The molecule has 0 spiro atoms. The van der Waals surface area contributed by atoms with Crippen molar-refractivity contribution in [2.45, 2.75) is 350 Å². The molecule has 0 aliphatic rings. The highest BCUT2D eigenvalue weighted by molar-refractivity contribution is 4.61. The van der Waals surface area contributed by atoms with Gasteiger partial charge >= 0.3 is 0 Å². The molecule has 0 saturated heterocycles. The largest absolute Gasteiger partial charge is 0.303 e. The van der Waals surface area contributed by atoms with E-state index in [0.717, 1.165) is 0 Å². The van der Waals surface area contributed by atoms with E-state index in [-0.39, 0.29) is 0 Å². The maximum atomic E-state index is 2.88. The normalized spacial score (nSPS) is 11.2. The number of unbranched alkanes of at least 4 members (excludes halogenated alkanes) is 43. The molecule has 0 fully saturated rings.